The molecule has 4 aromatic rings. The third-order valence-corrected chi connectivity index (χ3v) is 4.33. The fourth-order valence-corrected chi connectivity index (χ4v) is 3.00. The molecule has 2 aromatic heterocycles. The van der Waals surface area contributed by atoms with Crippen molar-refractivity contribution in [1.29, 1.82) is 0 Å². The minimum Gasteiger partial charge on any atom is -0.406 e. The Kier molecular flexibility index (Phi) is 4.43. The minimum atomic E-state index is -4.70. The Labute approximate surface area is 159 Å². The second kappa shape index (κ2) is 6.92. The van der Waals surface area contributed by atoms with Crippen molar-refractivity contribution in [2.75, 3.05) is 12.4 Å². The van der Waals surface area contributed by atoms with E-state index in [9.17, 15) is 13.2 Å². The second-order valence-electron chi connectivity index (χ2n) is 6.22. The zero-order chi connectivity index (χ0) is 19.7. The van der Waals surface area contributed by atoms with Gasteiger partial charge in [-0.25, -0.2) is 4.52 Å². The number of nitrogens with zero attached hydrogens (tertiary/aromatic N) is 2. The lowest BCUT2D eigenvalue weighted by Crippen LogP contribution is -2.16. The van der Waals surface area contributed by atoms with Gasteiger partial charge in [0.15, 0.2) is 0 Å². The van der Waals surface area contributed by atoms with E-state index in [1.165, 1.54) is 12.1 Å². The molecule has 7 heteroatoms. The Bertz CT molecular complexity index is 1120. The number of pyridine rings is 1. The lowest BCUT2D eigenvalue weighted by molar-refractivity contribution is -0.274. The topological polar surface area (TPSA) is 38.6 Å². The van der Waals surface area contributed by atoms with E-state index in [4.69, 9.17) is 0 Å². The van der Waals surface area contributed by atoms with Crippen LogP contribution in [0.5, 0.6) is 5.75 Å². The fraction of sp³-hybridized carbons (Fsp3) is 0.0952. The molecule has 0 aliphatic carbocycles. The SMILES string of the molecule is CNc1cccc(-c2ccn3nc(-c4ccc(OC(F)(F)F)cc4)cc3c2)c1. The smallest absolute Gasteiger partial charge is 0.406 e. The summed E-state index contributed by atoms with van der Waals surface area (Å²) in [6.07, 6.45) is -2.84. The first-order valence-corrected chi connectivity index (χ1v) is 8.55. The number of rotatable bonds is 4. The molecule has 0 bridgehead atoms. The van der Waals surface area contributed by atoms with Crippen LogP contribution < -0.4 is 10.1 Å². The molecular formula is C21H16F3N3O. The van der Waals surface area contributed by atoms with Crippen LogP contribution in [0.25, 0.3) is 27.9 Å². The highest BCUT2D eigenvalue weighted by molar-refractivity contribution is 5.74. The number of aromatic nitrogens is 2. The van der Waals surface area contributed by atoms with E-state index in [1.807, 2.05) is 49.6 Å². The number of hydrogen-bond acceptors (Lipinski definition) is 3. The summed E-state index contributed by atoms with van der Waals surface area (Å²) >= 11 is 0. The molecule has 2 aromatic carbocycles. The number of fused-ring (bicyclic) bond motifs is 1. The largest absolute Gasteiger partial charge is 0.573 e. The number of alkyl halides is 3. The third-order valence-electron chi connectivity index (χ3n) is 4.33. The first-order valence-electron chi connectivity index (χ1n) is 8.55. The summed E-state index contributed by atoms with van der Waals surface area (Å²) < 4.78 is 42.5. The van der Waals surface area contributed by atoms with Gasteiger partial charge in [0.25, 0.3) is 0 Å². The first kappa shape index (κ1) is 17.9. The van der Waals surface area contributed by atoms with Crippen molar-refractivity contribution >= 4 is 11.2 Å². The van der Waals surface area contributed by atoms with Crippen LogP contribution in [-0.2, 0) is 0 Å². The molecule has 0 fully saturated rings. The summed E-state index contributed by atoms with van der Waals surface area (Å²) in [7, 11) is 1.87. The molecular weight excluding hydrogens is 367 g/mol. The van der Waals surface area contributed by atoms with Gasteiger partial charge < -0.3 is 10.1 Å². The maximum Gasteiger partial charge on any atom is 0.573 e. The number of halogens is 3. The molecule has 0 saturated carbocycles. The van der Waals surface area contributed by atoms with Gasteiger partial charge in [0.2, 0.25) is 0 Å². The van der Waals surface area contributed by atoms with E-state index in [-0.39, 0.29) is 5.75 Å². The molecule has 0 amide bonds. The van der Waals surface area contributed by atoms with Crippen LogP contribution in [-0.4, -0.2) is 23.0 Å². The molecule has 142 valence electrons. The zero-order valence-corrected chi connectivity index (χ0v) is 14.9. The minimum absolute atomic E-state index is 0.258. The van der Waals surface area contributed by atoms with Gasteiger partial charge in [-0.05, 0) is 65.7 Å². The Balaban J connectivity index is 1.64. The van der Waals surface area contributed by atoms with E-state index < -0.39 is 6.36 Å². The van der Waals surface area contributed by atoms with Crippen molar-refractivity contribution in [3.63, 3.8) is 0 Å². The molecule has 0 saturated heterocycles. The van der Waals surface area contributed by atoms with Gasteiger partial charge in [-0.2, -0.15) is 5.10 Å². The zero-order valence-electron chi connectivity index (χ0n) is 14.9. The maximum absolute atomic E-state index is 12.3. The Hall–Kier alpha value is -3.48. The summed E-state index contributed by atoms with van der Waals surface area (Å²) in [4.78, 5) is 0. The van der Waals surface area contributed by atoms with E-state index in [0.717, 1.165) is 22.3 Å². The molecule has 2 heterocycles. The van der Waals surface area contributed by atoms with Crippen molar-refractivity contribution < 1.29 is 17.9 Å². The summed E-state index contributed by atoms with van der Waals surface area (Å²) in [5.41, 5.74) is 5.40. The molecule has 4 rings (SSSR count). The Morgan fingerprint density at radius 3 is 2.36 bits per heavy atom. The molecule has 28 heavy (non-hydrogen) atoms. The molecule has 0 aliphatic heterocycles. The van der Waals surface area contributed by atoms with Crippen LogP contribution in [0.4, 0.5) is 18.9 Å². The van der Waals surface area contributed by atoms with Crippen molar-refractivity contribution in [2.45, 2.75) is 6.36 Å². The van der Waals surface area contributed by atoms with Crippen LogP contribution in [0.1, 0.15) is 0 Å². The Morgan fingerprint density at radius 1 is 0.893 bits per heavy atom. The number of hydrogen-bond donors (Lipinski definition) is 1. The highest BCUT2D eigenvalue weighted by atomic mass is 19.4. The van der Waals surface area contributed by atoms with Gasteiger partial charge >= 0.3 is 6.36 Å². The predicted octanol–water partition coefficient (Wildman–Crippen LogP) is 5.61. The van der Waals surface area contributed by atoms with Crippen LogP contribution in [0.3, 0.4) is 0 Å². The average molecular weight is 383 g/mol. The number of ether oxygens (including phenoxy) is 1. The van der Waals surface area contributed by atoms with E-state index in [2.05, 4.69) is 21.2 Å². The highest BCUT2D eigenvalue weighted by Crippen LogP contribution is 2.28. The van der Waals surface area contributed by atoms with Crippen molar-refractivity contribution in [3.8, 4) is 28.1 Å². The lowest BCUT2D eigenvalue weighted by Gasteiger charge is -2.08. The summed E-state index contributed by atoms with van der Waals surface area (Å²) in [5.74, 6) is -0.258. The average Bonchev–Trinajstić information content (AvgIpc) is 3.10. The third kappa shape index (κ3) is 3.78. The summed E-state index contributed by atoms with van der Waals surface area (Å²) in [6.45, 7) is 0. The van der Waals surface area contributed by atoms with Crippen molar-refractivity contribution in [3.05, 3.63) is 72.9 Å². The van der Waals surface area contributed by atoms with Crippen LogP contribution in [0.15, 0.2) is 72.9 Å². The van der Waals surface area contributed by atoms with E-state index in [1.54, 1.807) is 16.6 Å². The predicted molar refractivity (Wildman–Crippen MR) is 102 cm³/mol. The maximum atomic E-state index is 12.3. The van der Waals surface area contributed by atoms with Gasteiger partial charge in [-0.15, -0.1) is 13.2 Å². The van der Waals surface area contributed by atoms with Gasteiger partial charge in [-0.3, -0.25) is 0 Å². The summed E-state index contributed by atoms with van der Waals surface area (Å²) in [5, 5.41) is 7.62. The highest BCUT2D eigenvalue weighted by Gasteiger charge is 2.31. The van der Waals surface area contributed by atoms with E-state index in [0.29, 0.717) is 11.3 Å². The van der Waals surface area contributed by atoms with Gasteiger partial charge in [-0.1, -0.05) is 12.1 Å². The number of nitrogens with one attached hydrogen (secondary N) is 1. The molecule has 0 atom stereocenters. The molecule has 0 unspecified atom stereocenters. The Morgan fingerprint density at radius 2 is 1.64 bits per heavy atom. The quantitative estimate of drug-likeness (QED) is 0.498. The standard InChI is InChI=1S/C21H16F3N3O/c1-25-17-4-2-3-15(11-17)16-9-10-27-18(12-16)13-20(26-27)14-5-7-19(8-6-14)28-21(22,23)24/h2-13,25H,1H3. The molecule has 0 spiro atoms. The van der Waals surface area contributed by atoms with Crippen LogP contribution in [0.2, 0.25) is 0 Å². The fourth-order valence-electron chi connectivity index (χ4n) is 3.00. The monoisotopic (exact) mass is 383 g/mol. The van der Waals surface area contributed by atoms with Crippen LogP contribution in [0, 0.1) is 0 Å². The van der Waals surface area contributed by atoms with Crippen molar-refractivity contribution in [1.82, 2.24) is 9.61 Å². The normalized spacial score (nSPS) is 11.6. The molecule has 1 N–H and O–H groups in total. The van der Waals surface area contributed by atoms with Crippen molar-refractivity contribution in [2.24, 2.45) is 0 Å². The number of benzene rings is 2. The first-order chi connectivity index (χ1) is 13.4. The lowest BCUT2D eigenvalue weighted by atomic mass is 10.1. The molecule has 0 aliphatic rings. The van der Waals surface area contributed by atoms with E-state index >= 15 is 0 Å². The van der Waals surface area contributed by atoms with Crippen LogP contribution >= 0.6 is 0 Å². The molecule has 4 nitrogen and oxygen atoms in total. The van der Waals surface area contributed by atoms with Gasteiger partial charge in [0.1, 0.15) is 5.75 Å². The summed E-state index contributed by atoms with van der Waals surface area (Å²) in [6, 6.07) is 19.6. The van der Waals surface area contributed by atoms with Gasteiger partial charge in [0, 0.05) is 24.5 Å². The molecule has 0 radical (unpaired) electrons. The van der Waals surface area contributed by atoms with Gasteiger partial charge in [0.05, 0.1) is 11.2 Å². The number of anilines is 1. The second-order valence-corrected chi connectivity index (χ2v) is 6.22.